The Hall–Kier alpha value is -1.67. The van der Waals surface area contributed by atoms with Crippen molar-refractivity contribution in [1.82, 2.24) is 10.3 Å². The third kappa shape index (κ3) is 4.15. The molecule has 21 heavy (non-hydrogen) atoms. The van der Waals surface area contributed by atoms with Crippen molar-refractivity contribution in [2.24, 2.45) is 0 Å². The van der Waals surface area contributed by atoms with E-state index in [0.717, 1.165) is 30.8 Å². The summed E-state index contributed by atoms with van der Waals surface area (Å²) >= 11 is 0. The predicted molar refractivity (Wildman–Crippen MR) is 89.7 cm³/mol. The third-order valence-corrected chi connectivity index (χ3v) is 3.76. The smallest absolute Gasteiger partial charge is 0.0578 e. The van der Waals surface area contributed by atoms with Crippen LogP contribution in [0.2, 0.25) is 0 Å². The number of benzene rings is 1. The first-order valence-corrected chi connectivity index (χ1v) is 7.91. The highest BCUT2D eigenvalue weighted by atomic mass is 14.9. The van der Waals surface area contributed by atoms with E-state index in [1.54, 1.807) is 0 Å². The number of hydrogen-bond acceptors (Lipinski definition) is 2. The van der Waals surface area contributed by atoms with E-state index in [1.807, 2.05) is 0 Å². The summed E-state index contributed by atoms with van der Waals surface area (Å²) in [6.07, 6.45) is 2.22. The molecule has 0 amide bonds. The van der Waals surface area contributed by atoms with Crippen LogP contribution in [0.5, 0.6) is 0 Å². The van der Waals surface area contributed by atoms with Gasteiger partial charge >= 0.3 is 0 Å². The fourth-order valence-electron chi connectivity index (χ4n) is 2.70. The molecule has 0 saturated heterocycles. The Labute approximate surface area is 128 Å². The summed E-state index contributed by atoms with van der Waals surface area (Å²) in [7, 11) is 0. The van der Waals surface area contributed by atoms with Crippen molar-refractivity contribution in [3.05, 3.63) is 64.5 Å². The van der Waals surface area contributed by atoms with Crippen molar-refractivity contribution in [3.8, 4) is 0 Å². The average molecular weight is 282 g/mol. The lowest BCUT2D eigenvalue weighted by Gasteiger charge is -2.21. The summed E-state index contributed by atoms with van der Waals surface area (Å²) in [5.41, 5.74) is 6.18. The van der Waals surface area contributed by atoms with Crippen LogP contribution in [-0.2, 0) is 6.42 Å². The molecule has 0 aliphatic heterocycles. The second kappa shape index (κ2) is 7.37. The second-order valence-electron chi connectivity index (χ2n) is 5.67. The van der Waals surface area contributed by atoms with Crippen LogP contribution in [0.4, 0.5) is 0 Å². The molecule has 1 unspecified atom stereocenters. The van der Waals surface area contributed by atoms with Gasteiger partial charge in [0.25, 0.3) is 0 Å². The third-order valence-electron chi connectivity index (χ3n) is 3.76. The number of pyridine rings is 1. The zero-order valence-corrected chi connectivity index (χ0v) is 13.6. The first-order valence-electron chi connectivity index (χ1n) is 7.91. The first kappa shape index (κ1) is 15.7. The zero-order chi connectivity index (χ0) is 15.2. The number of hydrogen-bond donors (Lipinski definition) is 1. The van der Waals surface area contributed by atoms with Crippen LogP contribution in [0.25, 0.3) is 0 Å². The molecule has 2 aromatic rings. The highest BCUT2D eigenvalue weighted by molar-refractivity contribution is 5.35. The number of aryl methyl sites for hydroxylation is 3. The molecule has 1 heterocycles. The minimum atomic E-state index is 0.247. The van der Waals surface area contributed by atoms with Gasteiger partial charge in [-0.3, -0.25) is 4.98 Å². The van der Waals surface area contributed by atoms with E-state index in [1.165, 1.54) is 16.7 Å². The fraction of sp³-hybridized carbons (Fsp3) is 0.421. The highest BCUT2D eigenvalue weighted by Crippen LogP contribution is 2.24. The van der Waals surface area contributed by atoms with Gasteiger partial charge in [0.2, 0.25) is 0 Å². The standard InChI is InChI=1S/C19H26N2/c1-5-11-20-19(17-9-7-16(6-2)8-10-17)18-12-14(3)21-15(4)13-18/h7-10,12-13,19-20H,5-6,11H2,1-4H3. The quantitative estimate of drug-likeness (QED) is 0.852. The van der Waals surface area contributed by atoms with Crippen molar-refractivity contribution in [1.29, 1.82) is 0 Å². The molecule has 2 nitrogen and oxygen atoms in total. The molecule has 0 radical (unpaired) electrons. The zero-order valence-electron chi connectivity index (χ0n) is 13.6. The molecule has 1 atom stereocenters. The van der Waals surface area contributed by atoms with Crippen LogP contribution in [0, 0.1) is 13.8 Å². The van der Waals surface area contributed by atoms with Gasteiger partial charge in [-0.2, -0.15) is 0 Å². The molecule has 1 aromatic carbocycles. The van der Waals surface area contributed by atoms with Gasteiger partial charge in [-0.1, -0.05) is 38.1 Å². The Morgan fingerprint density at radius 3 is 2.10 bits per heavy atom. The molecule has 0 bridgehead atoms. The molecule has 2 heteroatoms. The minimum absolute atomic E-state index is 0.247. The normalized spacial score (nSPS) is 12.4. The maximum absolute atomic E-state index is 4.49. The summed E-state index contributed by atoms with van der Waals surface area (Å²) in [6.45, 7) is 9.53. The van der Waals surface area contributed by atoms with Crippen LogP contribution in [-0.4, -0.2) is 11.5 Å². The second-order valence-corrected chi connectivity index (χ2v) is 5.67. The van der Waals surface area contributed by atoms with E-state index in [0.29, 0.717) is 0 Å². The topological polar surface area (TPSA) is 24.9 Å². The van der Waals surface area contributed by atoms with E-state index in [-0.39, 0.29) is 6.04 Å². The molecule has 0 fully saturated rings. The van der Waals surface area contributed by atoms with Gasteiger partial charge in [0.05, 0.1) is 6.04 Å². The van der Waals surface area contributed by atoms with Crippen molar-refractivity contribution < 1.29 is 0 Å². The van der Waals surface area contributed by atoms with Gasteiger partial charge in [-0.25, -0.2) is 0 Å². The monoisotopic (exact) mass is 282 g/mol. The average Bonchev–Trinajstić information content (AvgIpc) is 2.47. The van der Waals surface area contributed by atoms with Crippen LogP contribution >= 0.6 is 0 Å². The number of rotatable bonds is 6. The first-order chi connectivity index (χ1) is 10.1. The summed E-state index contributed by atoms with van der Waals surface area (Å²) in [5, 5.41) is 3.67. The SMILES string of the molecule is CCCNC(c1ccc(CC)cc1)c1cc(C)nc(C)c1. The van der Waals surface area contributed by atoms with Crippen LogP contribution in [0.1, 0.15) is 54.4 Å². The maximum Gasteiger partial charge on any atom is 0.0578 e. The van der Waals surface area contributed by atoms with E-state index in [2.05, 4.69) is 74.4 Å². The van der Waals surface area contributed by atoms with E-state index in [4.69, 9.17) is 0 Å². The minimum Gasteiger partial charge on any atom is -0.306 e. The van der Waals surface area contributed by atoms with Crippen LogP contribution in [0.15, 0.2) is 36.4 Å². The molecule has 0 saturated carbocycles. The van der Waals surface area contributed by atoms with Crippen molar-refractivity contribution in [2.45, 2.75) is 46.6 Å². The van der Waals surface area contributed by atoms with E-state index in [9.17, 15) is 0 Å². The van der Waals surface area contributed by atoms with Gasteiger partial charge < -0.3 is 5.32 Å². The molecule has 1 N–H and O–H groups in total. The fourth-order valence-corrected chi connectivity index (χ4v) is 2.70. The summed E-state index contributed by atoms with van der Waals surface area (Å²) < 4.78 is 0. The Bertz CT molecular complexity index is 552. The molecule has 0 spiro atoms. The number of aromatic nitrogens is 1. The number of nitrogens with zero attached hydrogens (tertiary/aromatic N) is 1. The molecule has 1 aromatic heterocycles. The van der Waals surface area contributed by atoms with E-state index < -0.39 is 0 Å². The molecule has 112 valence electrons. The molecule has 0 aliphatic carbocycles. The summed E-state index contributed by atoms with van der Waals surface area (Å²) in [5.74, 6) is 0. The largest absolute Gasteiger partial charge is 0.306 e. The lowest BCUT2D eigenvalue weighted by molar-refractivity contribution is 0.597. The van der Waals surface area contributed by atoms with Crippen molar-refractivity contribution in [3.63, 3.8) is 0 Å². The maximum atomic E-state index is 4.49. The summed E-state index contributed by atoms with van der Waals surface area (Å²) in [4.78, 5) is 4.49. The number of nitrogens with one attached hydrogen (secondary N) is 1. The Morgan fingerprint density at radius 2 is 1.57 bits per heavy atom. The van der Waals surface area contributed by atoms with Gasteiger partial charge in [0.1, 0.15) is 0 Å². The predicted octanol–water partition coefficient (Wildman–Crippen LogP) is 4.35. The lowest BCUT2D eigenvalue weighted by atomic mass is 9.96. The van der Waals surface area contributed by atoms with E-state index >= 15 is 0 Å². The van der Waals surface area contributed by atoms with Gasteiger partial charge in [0.15, 0.2) is 0 Å². The molecular weight excluding hydrogens is 256 g/mol. The lowest BCUT2D eigenvalue weighted by Crippen LogP contribution is -2.23. The Balaban J connectivity index is 2.36. The van der Waals surface area contributed by atoms with Crippen LogP contribution in [0.3, 0.4) is 0 Å². The van der Waals surface area contributed by atoms with Gasteiger partial charge in [-0.15, -0.1) is 0 Å². The van der Waals surface area contributed by atoms with Gasteiger partial charge in [-0.05, 0) is 62.1 Å². The summed E-state index contributed by atoms with van der Waals surface area (Å²) in [6, 6.07) is 13.6. The molecule has 0 aliphatic rings. The van der Waals surface area contributed by atoms with Crippen LogP contribution < -0.4 is 5.32 Å². The Kier molecular flexibility index (Phi) is 5.51. The van der Waals surface area contributed by atoms with Gasteiger partial charge in [0, 0.05) is 11.4 Å². The van der Waals surface area contributed by atoms with Crippen molar-refractivity contribution >= 4 is 0 Å². The highest BCUT2D eigenvalue weighted by Gasteiger charge is 2.14. The molecule has 2 rings (SSSR count). The molecular formula is C19H26N2. The van der Waals surface area contributed by atoms with Crippen molar-refractivity contribution in [2.75, 3.05) is 6.54 Å². The Morgan fingerprint density at radius 1 is 0.952 bits per heavy atom.